The van der Waals surface area contributed by atoms with Gasteiger partial charge in [0.2, 0.25) is 5.91 Å². The lowest BCUT2D eigenvalue weighted by Gasteiger charge is -2.70. The van der Waals surface area contributed by atoms with Crippen LogP contribution in [0.5, 0.6) is 5.75 Å². The molecule has 5 fully saturated rings. The standard InChI is InChI=1S/C27H37ClFN3O4/c28-21-11-10-19(12-22(21)29)35-14-23(33)30-26-15-27(16-26,17-26)31-25(34)24-20(13-36-32-24)18-8-6-4-2-1-3-5-7-9-18/h10-12,18,20,24,32H,1-9,13-17H2,(H,30,33)(H,31,34). The van der Waals surface area contributed by atoms with E-state index in [1.807, 2.05) is 0 Å². The maximum absolute atomic E-state index is 13.5. The second kappa shape index (κ2) is 10.8. The molecule has 2 atom stereocenters. The quantitative estimate of drug-likeness (QED) is 0.494. The van der Waals surface area contributed by atoms with Crippen molar-refractivity contribution in [3.8, 4) is 5.75 Å². The molecule has 198 valence electrons. The predicted molar refractivity (Wildman–Crippen MR) is 134 cm³/mol. The topological polar surface area (TPSA) is 88.7 Å². The first-order valence-corrected chi connectivity index (χ1v) is 13.8. The molecular formula is C27H37ClFN3O4. The Bertz CT molecular complexity index is 947. The van der Waals surface area contributed by atoms with Gasteiger partial charge in [-0.3, -0.25) is 9.59 Å². The summed E-state index contributed by atoms with van der Waals surface area (Å²) in [4.78, 5) is 31.2. The third-order valence-electron chi connectivity index (χ3n) is 8.54. The zero-order valence-electron chi connectivity index (χ0n) is 20.8. The number of hydrogen-bond donors (Lipinski definition) is 3. The van der Waals surface area contributed by atoms with Crippen LogP contribution in [0.2, 0.25) is 5.02 Å². The highest BCUT2D eigenvalue weighted by Crippen LogP contribution is 2.60. The van der Waals surface area contributed by atoms with Crippen LogP contribution in [0.4, 0.5) is 4.39 Å². The van der Waals surface area contributed by atoms with Gasteiger partial charge in [0, 0.05) is 23.1 Å². The SMILES string of the molecule is O=C(COc1ccc(Cl)c(F)c1)NC12CC(NC(=O)C3NOCC3C3CCCCCCCCC3)(C1)C2. The van der Waals surface area contributed by atoms with Crippen LogP contribution in [-0.2, 0) is 14.4 Å². The van der Waals surface area contributed by atoms with E-state index in [-0.39, 0.29) is 52.2 Å². The first-order chi connectivity index (χ1) is 17.4. The van der Waals surface area contributed by atoms with E-state index in [4.69, 9.17) is 21.2 Å². The van der Waals surface area contributed by atoms with E-state index in [0.29, 0.717) is 31.8 Å². The fourth-order valence-corrected chi connectivity index (χ4v) is 6.90. The summed E-state index contributed by atoms with van der Waals surface area (Å²) in [7, 11) is 0. The summed E-state index contributed by atoms with van der Waals surface area (Å²) < 4.78 is 18.9. The normalized spacial score (nSPS) is 32.6. The van der Waals surface area contributed by atoms with Gasteiger partial charge in [-0.15, -0.1) is 0 Å². The van der Waals surface area contributed by atoms with Gasteiger partial charge in [-0.25, -0.2) is 4.39 Å². The molecule has 2 amide bonds. The second-order valence-electron chi connectivity index (χ2n) is 11.4. The molecule has 2 bridgehead atoms. The van der Waals surface area contributed by atoms with Crippen LogP contribution < -0.4 is 20.9 Å². The average Bonchev–Trinajstić information content (AvgIpc) is 3.31. The molecule has 5 aliphatic rings. The van der Waals surface area contributed by atoms with E-state index >= 15 is 0 Å². The lowest BCUT2D eigenvalue weighted by molar-refractivity contribution is -0.152. The smallest absolute Gasteiger partial charge is 0.258 e. The number of carbonyl (C=O) groups is 2. The van der Waals surface area contributed by atoms with Crippen LogP contribution in [0.3, 0.4) is 0 Å². The Morgan fingerprint density at radius 3 is 2.33 bits per heavy atom. The highest BCUT2D eigenvalue weighted by molar-refractivity contribution is 6.30. The highest BCUT2D eigenvalue weighted by atomic mass is 35.5. The number of hydroxylamine groups is 1. The molecule has 7 nitrogen and oxygen atoms in total. The van der Waals surface area contributed by atoms with Gasteiger partial charge in [-0.05, 0) is 37.3 Å². The molecule has 2 unspecified atom stereocenters. The van der Waals surface area contributed by atoms with Crippen molar-refractivity contribution in [3.63, 3.8) is 0 Å². The Balaban J connectivity index is 1.07. The van der Waals surface area contributed by atoms with Crippen LogP contribution in [-0.4, -0.2) is 42.1 Å². The Morgan fingerprint density at radius 2 is 1.67 bits per heavy atom. The van der Waals surface area contributed by atoms with Crippen molar-refractivity contribution in [3.05, 3.63) is 29.0 Å². The molecule has 4 saturated carbocycles. The number of ether oxygens (including phenoxy) is 1. The minimum atomic E-state index is -0.587. The monoisotopic (exact) mass is 521 g/mol. The van der Waals surface area contributed by atoms with Crippen molar-refractivity contribution in [1.29, 1.82) is 0 Å². The fraction of sp³-hybridized carbons (Fsp3) is 0.704. The molecule has 0 aromatic heterocycles. The molecule has 0 radical (unpaired) electrons. The maximum Gasteiger partial charge on any atom is 0.258 e. The first kappa shape index (κ1) is 25.7. The number of rotatable bonds is 7. The van der Waals surface area contributed by atoms with Crippen molar-refractivity contribution in [2.24, 2.45) is 11.8 Å². The summed E-state index contributed by atoms with van der Waals surface area (Å²) in [6, 6.07) is 3.77. The molecule has 9 heteroatoms. The minimum absolute atomic E-state index is 0.00856. The van der Waals surface area contributed by atoms with Crippen LogP contribution >= 0.6 is 11.6 Å². The third-order valence-corrected chi connectivity index (χ3v) is 8.84. The number of hydrogen-bond acceptors (Lipinski definition) is 5. The Kier molecular flexibility index (Phi) is 7.75. The Labute approximate surface area is 217 Å². The summed E-state index contributed by atoms with van der Waals surface area (Å²) >= 11 is 5.67. The molecule has 36 heavy (non-hydrogen) atoms. The summed E-state index contributed by atoms with van der Waals surface area (Å²) in [6.07, 6.45) is 13.5. The van der Waals surface area contributed by atoms with E-state index in [1.54, 1.807) is 0 Å². The maximum atomic E-state index is 13.5. The second-order valence-corrected chi connectivity index (χ2v) is 11.8. The van der Waals surface area contributed by atoms with Gasteiger partial charge in [0.05, 0.1) is 11.6 Å². The Morgan fingerprint density at radius 1 is 1.03 bits per heavy atom. The third kappa shape index (κ3) is 5.65. The van der Waals surface area contributed by atoms with E-state index in [0.717, 1.165) is 6.07 Å². The Hall–Kier alpha value is -1.90. The molecule has 4 aliphatic carbocycles. The van der Waals surface area contributed by atoms with Gasteiger partial charge in [-0.1, -0.05) is 69.4 Å². The lowest BCUT2D eigenvalue weighted by atomic mass is 9.44. The van der Waals surface area contributed by atoms with Gasteiger partial charge in [0.25, 0.3) is 5.91 Å². The van der Waals surface area contributed by atoms with Crippen LogP contribution in [0.25, 0.3) is 0 Å². The highest BCUT2D eigenvalue weighted by Gasteiger charge is 2.69. The van der Waals surface area contributed by atoms with Crippen LogP contribution in [0, 0.1) is 17.7 Å². The molecule has 1 aromatic rings. The number of nitrogens with one attached hydrogen (secondary N) is 3. The van der Waals surface area contributed by atoms with E-state index in [2.05, 4.69) is 16.1 Å². The fourth-order valence-electron chi connectivity index (χ4n) is 6.78. The molecule has 0 spiro atoms. The van der Waals surface area contributed by atoms with Crippen molar-refractivity contribution in [2.75, 3.05) is 13.2 Å². The van der Waals surface area contributed by atoms with Gasteiger partial charge in [-0.2, -0.15) is 5.48 Å². The lowest BCUT2D eigenvalue weighted by Crippen LogP contribution is -2.84. The zero-order valence-corrected chi connectivity index (χ0v) is 21.5. The van der Waals surface area contributed by atoms with Crippen molar-refractivity contribution >= 4 is 23.4 Å². The van der Waals surface area contributed by atoms with Crippen LogP contribution in [0.1, 0.15) is 77.0 Å². The van der Waals surface area contributed by atoms with Crippen molar-refractivity contribution < 1.29 is 23.6 Å². The van der Waals surface area contributed by atoms with E-state index in [9.17, 15) is 14.0 Å². The largest absolute Gasteiger partial charge is 0.484 e. The van der Waals surface area contributed by atoms with Gasteiger partial charge >= 0.3 is 0 Å². The number of carbonyl (C=O) groups excluding carboxylic acids is 2. The zero-order chi connectivity index (χ0) is 25.2. The minimum Gasteiger partial charge on any atom is -0.484 e. The van der Waals surface area contributed by atoms with Crippen molar-refractivity contribution in [1.82, 2.24) is 16.1 Å². The van der Waals surface area contributed by atoms with Crippen LogP contribution in [0.15, 0.2) is 18.2 Å². The van der Waals surface area contributed by atoms with Gasteiger partial charge in [0.15, 0.2) is 6.61 Å². The van der Waals surface area contributed by atoms with E-state index < -0.39 is 5.82 Å². The average molecular weight is 522 g/mol. The number of benzene rings is 1. The molecule has 1 aliphatic heterocycles. The first-order valence-electron chi connectivity index (χ1n) is 13.5. The summed E-state index contributed by atoms with van der Waals surface area (Å²) in [6.45, 7) is 0.391. The number of halogens is 2. The van der Waals surface area contributed by atoms with Gasteiger partial charge in [0.1, 0.15) is 17.6 Å². The molecule has 1 aromatic carbocycles. The molecule has 6 rings (SSSR count). The molecule has 1 heterocycles. The summed E-state index contributed by atoms with van der Waals surface area (Å²) in [5.74, 6) is 0.150. The van der Waals surface area contributed by atoms with Gasteiger partial charge < -0.3 is 20.2 Å². The number of amides is 2. The molecule has 3 N–H and O–H groups in total. The molecule has 1 saturated heterocycles. The molecular weight excluding hydrogens is 485 g/mol. The summed E-state index contributed by atoms with van der Waals surface area (Å²) in [5.41, 5.74) is 2.48. The summed E-state index contributed by atoms with van der Waals surface area (Å²) in [5, 5.41) is 6.31. The predicted octanol–water partition coefficient (Wildman–Crippen LogP) is 4.43. The van der Waals surface area contributed by atoms with E-state index in [1.165, 1.54) is 69.9 Å². The van der Waals surface area contributed by atoms with Crippen molar-refractivity contribution in [2.45, 2.75) is 94.2 Å².